The summed E-state index contributed by atoms with van der Waals surface area (Å²) in [5.74, 6) is 0.962. The maximum atomic E-state index is 3.60. The summed E-state index contributed by atoms with van der Waals surface area (Å²) >= 11 is 0. The van der Waals surface area contributed by atoms with Crippen LogP contribution in [0.5, 0.6) is 0 Å². The van der Waals surface area contributed by atoms with E-state index in [0.29, 0.717) is 0 Å². The van der Waals surface area contributed by atoms with Crippen molar-refractivity contribution >= 4 is 0 Å². The first-order valence-corrected chi connectivity index (χ1v) is 4.86. The topological polar surface area (TPSA) is 15.3 Å². The van der Waals surface area contributed by atoms with Gasteiger partial charge in [-0.2, -0.15) is 0 Å². The summed E-state index contributed by atoms with van der Waals surface area (Å²) in [6.45, 7) is 7.38. The molecule has 2 fully saturated rings. The van der Waals surface area contributed by atoms with Crippen LogP contribution in [-0.4, -0.2) is 37.1 Å². The summed E-state index contributed by atoms with van der Waals surface area (Å²) in [5.41, 5.74) is 0. The number of hydrogen-bond donors (Lipinski definition) is 1. The Morgan fingerprint density at radius 3 is 3.09 bits per heavy atom. The van der Waals surface area contributed by atoms with Gasteiger partial charge in [-0.3, -0.25) is 0 Å². The number of rotatable bonds is 1. The van der Waals surface area contributed by atoms with Crippen LogP contribution < -0.4 is 5.32 Å². The lowest BCUT2D eigenvalue weighted by Gasteiger charge is -2.24. The maximum Gasteiger partial charge on any atom is 0.0235 e. The van der Waals surface area contributed by atoms with E-state index in [-0.39, 0.29) is 0 Å². The van der Waals surface area contributed by atoms with Crippen LogP contribution >= 0.6 is 0 Å². The molecule has 1 N–H and O–H groups in total. The number of likely N-dealkylation sites (tertiary alicyclic amines) is 1. The van der Waals surface area contributed by atoms with E-state index in [0.717, 1.165) is 12.0 Å². The Bertz CT molecular complexity index is 122. The van der Waals surface area contributed by atoms with Crippen LogP contribution in [-0.2, 0) is 0 Å². The SMILES string of the molecule is CCN1C[C@H]2CCCN[C@@H]2C1. The molecule has 11 heavy (non-hydrogen) atoms. The first kappa shape index (κ1) is 7.56. The van der Waals surface area contributed by atoms with Crippen LogP contribution in [0.25, 0.3) is 0 Å². The second-order valence-electron chi connectivity index (χ2n) is 3.82. The van der Waals surface area contributed by atoms with E-state index in [9.17, 15) is 0 Å². The summed E-state index contributed by atoms with van der Waals surface area (Å²) in [4.78, 5) is 2.56. The molecule has 2 heterocycles. The Morgan fingerprint density at radius 2 is 2.36 bits per heavy atom. The molecular weight excluding hydrogens is 136 g/mol. The minimum absolute atomic E-state index is 0.823. The molecule has 2 aliphatic heterocycles. The lowest BCUT2D eigenvalue weighted by atomic mass is 9.94. The van der Waals surface area contributed by atoms with Gasteiger partial charge in [-0.25, -0.2) is 0 Å². The summed E-state index contributed by atoms with van der Waals surface area (Å²) in [6.07, 6.45) is 2.84. The Morgan fingerprint density at radius 1 is 1.45 bits per heavy atom. The van der Waals surface area contributed by atoms with Crippen LogP contribution in [0.3, 0.4) is 0 Å². The molecule has 0 aromatic carbocycles. The molecule has 0 aromatic heterocycles. The van der Waals surface area contributed by atoms with E-state index in [1.807, 2.05) is 0 Å². The monoisotopic (exact) mass is 154 g/mol. The molecule has 0 saturated carbocycles. The predicted molar refractivity (Wildman–Crippen MR) is 46.6 cm³/mol. The fourth-order valence-electron chi connectivity index (χ4n) is 2.39. The molecule has 2 saturated heterocycles. The number of likely N-dealkylation sites (N-methyl/N-ethyl adjacent to an activating group) is 1. The van der Waals surface area contributed by atoms with Crippen molar-refractivity contribution in [2.24, 2.45) is 5.92 Å². The third-order valence-corrected chi connectivity index (χ3v) is 3.12. The third-order valence-electron chi connectivity index (χ3n) is 3.12. The van der Waals surface area contributed by atoms with Gasteiger partial charge in [0.05, 0.1) is 0 Å². The van der Waals surface area contributed by atoms with Crippen LogP contribution in [0.15, 0.2) is 0 Å². The van der Waals surface area contributed by atoms with Gasteiger partial charge in [0.2, 0.25) is 0 Å². The molecule has 0 unspecified atom stereocenters. The van der Waals surface area contributed by atoms with Gasteiger partial charge in [0, 0.05) is 19.1 Å². The Labute approximate surface area is 69.0 Å². The molecule has 2 rings (SSSR count). The average Bonchev–Trinajstić information content (AvgIpc) is 2.46. The number of fused-ring (bicyclic) bond motifs is 1. The molecular formula is C9H18N2. The first-order chi connectivity index (χ1) is 5.40. The highest BCUT2D eigenvalue weighted by Gasteiger charge is 2.32. The molecule has 2 aliphatic rings. The zero-order chi connectivity index (χ0) is 7.68. The Balaban J connectivity index is 1.92. The lowest BCUT2D eigenvalue weighted by molar-refractivity contribution is 0.331. The number of nitrogens with zero attached hydrogens (tertiary/aromatic N) is 1. The molecule has 64 valence electrons. The van der Waals surface area contributed by atoms with Crippen molar-refractivity contribution in [3.05, 3.63) is 0 Å². The zero-order valence-corrected chi connectivity index (χ0v) is 7.34. The van der Waals surface area contributed by atoms with E-state index in [4.69, 9.17) is 0 Å². The average molecular weight is 154 g/mol. The molecule has 0 spiro atoms. The molecule has 0 bridgehead atoms. The smallest absolute Gasteiger partial charge is 0.0235 e. The van der Waals surface area contributed by atoms with E-state index < -0.39 is 0 Å². The van der Waals surface area contributed by atoms with Gasteiger partial charge in [-0.05, 0) is 31.8 Å². The largest absolute Gasteiger partial charge is 0.312 e. The standard InChI is InChI=1S/C9H18N2/c1-2-11-6-8-4-3-5-10-9(8)7-11/h8-10H,2-7H2,1H3/t8-,9-/m1/s1. The van der Waals surface area contributed by atoms with E-state index in [2.05, 4.69) is 17.1 Å². The summed E-state index contributed by atoms with van der Waals surface area (Å²) < 4.78 is 0. The molecule has 0 aliphatic carbocycles. The van der Waals surface area contributed by atoms with Gasteiger partial charge in [-0.15, -0.1) is 0 Å². The molecule has 2 atom stereocenters. The van der Waals surface area contributed by atoms with Crippen LogP contribution in [0.1, 0.15) is 19.8 Å². The van der Waals surface area contributed by atoms with Crippen LogP contribution in [0.2, 0.25) is 0 Å². The highest BCUT2D eigenvalue weighted by molar-refractivity contribution is 4.91. The summed E-state index contributed by atoms with van der Waals surface area (Å²) in [7, 11) is 0. The Hall–Kier alpha value is -0.0800. The van der Waals surface area contributed by atoms with Crippen molar-refractivity contribution in [2.75, 3.05) is 26.2 Å². The minimum Gasteiger partial charge on any atom is -0.312 e. The van der Waals surface area contributed by atoms with Gasteiger partial charge >= 0.3 is 0 Å². The van der Waals surface area contributed by atoms with Gasteiger partial charge in [0.1, 0.15) is 0 Å². The van der Waals surface area contributed by atoms with Crippen molar-refractivity contribution in [3.8, 4) is 0 Å². The summed E-state index contributed by atoms with van der Waals surface area (Å²) in [5, 5.41) is 3.60. The second-order valence-corrected chi connectivity index (χ2v) is 3.82. The maximum absolute atomic E-state index is 3.60. The normalized spacial score (nSPS) is 39.0. The number of piperidine rings is 1. The van der Waals surface area contributed by atoms with Gasteiger partial charge in [0.25, 0.3) is 0 Å². The lowest BCUT2D eigenvalue weighted by Crippen LogP contribution is -2.40. The molecule has 0 amide bonds. The van der Waals surface area contributed by atoms with Gasteiger partial charge in [-0.1, -0.05) is 6.92 Å². The minimum atomic E-state index is 0.823. The number of hydrogen-bond acceptors (Lipinski definition) is 2. The number of nitrogens with one attached hydrogen (secondary N) is 1. The van der Waals surface area contributed by atoms with Crippen LogP contribution in [0.4, 0.5) is 0 Å². The molecule has 0 aromatic rings. The second kappa shape index (κ2) is 3.11. The highest BCUT2D eigenvalue weighted by atomic mass is 15.2. The summed E-state index contributed by atoms with van der Waals surface area (Å²) in [6, 6.07) is 0.823. The van der Waals surface area contributed by atoms with Crippen LogP contribution in [0, 0.1) is 5.92 Å². The van der Waals surface area contributed by atoms with Crippen molar-refractivity contribution in [2.45, 2.75) is 25.8 Å². The van der Waals surface area contributed by atoms with E-state index in [1.165, 1.54) is 39.0 Å². The van der Waals surface area contributed by atoms with Gasteiger partial charge in [0.15, 0.2) is 0 Å². The molecule has 2 heteroatoms. The van der Waals surface area contributed by atoms with Crippen molar-refractivity contribution in [1.82, 2.24) is 10.2 Å². The molecule has 0 radical (unpaired) electrons. The highest BCUT2D eigenvalue weighted by Crippen LogP contribution is 2.24. The quantitative estimate of drug-likeness (QED) is 0.598. The van der Waals surface area contributed by atoms with E-state index in [1.54, 1.807) is 0 Å². The fraction of sp³-hybridized carbons (Fsp3) is 1.00. The van der Waals surface area contributed by atoms with Gasteiger partial charge < -0.3 is 10.2 Å². The zero-order valence-electron chi connectivity index (χ0n) is 7.34. The van der Waals surface area contributed by atoms with E-state index >= 15 is 0 Å². The van der Waals surface area contributed by atoms with Crippen molar-refractivity contribution in [3.63, 3.8) is 0 Å². The Kier molecular flexibility index (Phi) is 2.14. The predicted octanol–water partition coefficient (Wildman–Crippen LogP) is 0.690. The first-order valence-electron chi connectivity index (χ1n) is 4.86. The van der Waals surface area contributed by atoms with Crippen molar-refractivity contribution < 1.29 is 0 Å². The van der Waals surface area contributed by atoms with Crippen molar-refractivity contribution in [1.29, 1.82) is 0 Å². The molecule has 2 nitrogen and oxygen atoms in total. The third kappa shape index (κ3) is 1.42. The fourth-order valence-corrected chi connectivity index (χ4v) is 2.39.